The summed E-state index contributed by atoms with van der Waals surface area (Å²) in [5.41, 5.74) is 4.18. The molecule has 0 fully saturated rings. The van der Waals surface area contributed by atoms with Crippen molar-refractivity contribution in [2.45, 2.75) is 5.16 Å². The van der Waals surface area contributed by atoms with E-state index in [0.29, 0.717) is 32.5 Å². The van der Waals surface area contributed by atoms with Gasteiger partial charge in [0.15, 0.2) is 5.16 Å². The molecule has 7 nitrogen and oxygen atoms in total. The van der Waals surface area contributed by atoms with Gasteiger partial charge in [0, 0.05) is 10.6 Å². The molecule has 1 N–H and O–H groups in total. The summed E-state index contributed by atoms with van der Waals surface area (Å²) in [6.07, 6.45) is 1.51. The highest BCUT2D eigenvalue weighted by Gasteiger charge is 2.14. The molecular weight excluding hydrogens is 460 g/mol. The average molecular weight is 479 g/mol. The standard InChI is InChI=1S/C24H19ClN4O3S/c1-32-21-9-5-2-6-16(21)14-26-28-22(30)15-33-24-27-20-8-4-3-7-19(20)23(31)29(24)18-12-10-17(25)11-13-18/h2-14H,15H2,1H3,(H,28,30). The predicted octanol–water partition coefficient (Wildman–Crippen LogP) is 4.29. The zero-order valence-electron chi connectivity index (χ0n) is 17.6. The quantitative estimate of drug-likeness (QED) is 0.185. The van der Waals surface area contributed by atoms with Crippen LogP contribution in [0.15, 0.2) is 87.8 Å². The third kappa shape index (κ3) is 5.24. The number of hydrazone groups is 1. The molecule has 166 valence electrons. The maximum absolute atomic E-state index is 13.2. The number of para-hydroxylation sites is 2. The number of hydrogen-bond acceptors (Lipinski definition) is 6. The summed E-state index contributed by atoms with van der Waals surface area (Å²) in [5.74, 6) is 0.329. The van der Waals surface area contributed by atoms with Crippen LogP contribution in [0.4, 0.5) is 0 Å². The predicted molar refractivity (Wildman–Crippen MR) is 132 cm³/mol. The van der Waals surface area contributed by atoms with E-state index in [-0.39, 0.29) is 17.2 Å². The van der Waals surface area contributed by atoms with Crippen LogP contribution in [0, 0.1) is 0 Å². The van der Waals surface area contributed by atoms with Crippen molar-refractivity contribution in [1.82, 2.24) is 15.0 Å². The topological polar surface area (TPSA) is 85.6 Å². The van der Waals surface area contributed by atoms with Crippen molar-refractivity contribution < 1.29 is 9.53 Å². The molecule has 0 atom stereocenters. The Morgan fingerprint density at radius 2 is 1.85 bits per heavy atom. The normalized spacial score (nSPS) is 11.1. The number of nitrogens with one attached hydrogen (secondary N) is 1. The van der Waals surface area contributed by atoms with Gasteiger partial charge in [0.1, 0.15) is 5.75 Å². The van der Waals surface area contributed by atoms with Gasteiger partial charge in [0.2, 0.25) is 0 Å². The Hall–Kier alpha value is -3.62. The van der Waals surface area contributed by atoms with E-state index in [0.717, 1.165) is 17.3 Å². The van der Waals surface area contributed by atoms with Crippen molar-refractivity contribution in [3.8, 4) is 11.4 Å². The Kier molecular flexibility index (Phi) is 7.07. The molecule has 0 spiro atoms. The van der Waals surface area contributed by atoms with Gasteiger partial charge in [-0.3, -0.25) is 14.2 Å². The molecule has 0 aliphatic heterocycles. The summed E-state index contributed by atoms with van der Waals surface area (Å²) in [7, 11) is 1.57. The third-order valence-electron chi connectivity index (χ3n) is 4.69. The number of hydrogen-bond donors (Lipinski definition) is 1. The minimum atomic E-state index is -0.337. The first-order valence-corrected chi connectivity index (χ1v) is 11.3. The zero-order valence-corrected chi connectivity index (χ0v) is 19.1. The Bertz CT molecular complexity index is 1390. The zero-order chi connectivity index (χ0) is 23.2. The van der Waals surface area contributed by atoms with Crippen LogP contribution in [-0.4, -0.2) is 34.5 Å². The van der Waals surface area contributed by atoms with Crippen molar-refractivity contribution in [3.63, 3.8) is 0 Å². The van der Waals surface area contributed by atoms with E-state index in [2.05, 4.69) is 15.5 Å². The molecule has 1 amide bonds. The number of halogens is 1. The fourth-order valence-electron chi connectivity index (χ4n) is 3.14. The van der Waals surface area contributed by atoms with E-state index in [4.69, 9.17) is 16.3 Å². The molecule has 0 radical (unpaired) electrons. The molecule has 0 saturated carbocycles. The van der Waals surface area contributed by atoms with Gasteiger partial charge in [-0.15, -0.1) is 0 Å². The highest BCUT2D eigenvalue weighted by atomic mass is 35.5. The van der Waals surface area contributed by atoms with Crippen LogP contribution in [0.1, 0.15) is 5.56 Å². The fourth-order valence-corrected chi connectivity index (χ4v) is 4.07. The van der Waals surface area contributed by atoms with E-state index in [1.807, 2.05) is 24.3 Å². The van der Waals surface area contributed by atoms with Crippen LogP contribution in [0.2, 0.25) is 5.02 Å². The molecule has 4 aromatic rings. The van der Waals surface area contributed by atoms with Crippen LogP contribution >= 0.6 is 23.4 Å². The number of benzene rings is 3. The minimum Gasteiger partial charge on any atom is -0.496 e. The number of carbonyl (C=O) groups is 1. The van der Waals surface area contributed by atoms with Gasteiger partial charge in [-0.1, -0.05) is 47.6 Å². The van der Waals surface area contributed by atoms with Crippen LogP contribution in [0.3, 0.4) is 0 Å². The Morgan fingerprint density at radius 1 is 1.12 bits per heavy atom. The molecular formula is C24H19ClN4O3S. The molecule has 1 heterocycles. The lowest BCUT2D eigenvalue weighted by molar-refractivity contribution is -0.118. The van der Waals surface area contributed by atoms with Gasteiger partial charge in [0.05, 0.1) is 35.7 Å². The summed E-state index contributed by atoms with van der Waals surface area (Å²) < 4.78 is 6.74. The van der Waals surface area contributed by atoms with E-state index in [1.54, 1.807) is 55.6 Å². The molecule has 4 rings (SSSR count). The van der Waals surface area contributed by atoms with Gasteiger partial charge in [-0.05, 0) is 48.5 Å². The molecule has 0 saturated heterocycles. The van der Waals surface area contributed by atoms with Gasteiger partial charge < -0.3 is 4.74 Å². The first-order chi connectivity index (χ1) is 16.1. The SMILES string of the molecule is COc1ccccc1C=NNC(=O)CSc1nc2ccccc2c(=O)n1-c1ccc(Cl)cc1. The van der Waals surface area contributed by atoms with Crippen molar-refractivity contribution in [3.05, 3.63) is 93.7 Å². The second-order valence-electron chi connectivity index (χ2n) is 6.85. The maximum atomic E-state index is 13.2. The van der Waals surface area contributed by atoms with E-state index >= 15 is 0 Å². The molecule has 0 unspecified atom stereocenters. The molecule has 33 heavy (non-hydrogen) atoms. The van der Waals surface area contributed by atoms with Crippen molar-refractivity contribution in [1.29, 1.82) is 0 Å². The van der Waals surface area contributed by atoms with E-state index in [1.165, 1.54) is 10.8 Å². The monoisotopic (exact) mass is 478 g/mol. The first-order valence-electron chi connectivity index (χ1n) is 9.92. The fraction of sp³-hybridized carbons (Fsp3) is 0.0833. The molecule has 0 aliphatic carbocycles. The second kappa shape index (κ2) is 10.3. The minimum absolute atomic E-state index is 0.0155. The summed E-state index contributed by atoms with van der Waals surface area (Å²) in [6.45, 7) is 0. The van der Waals surface area contributed by atoms with E-state index in [9.17, 15) is 9.59 Å². The van der Waals surface area contributed by atoms with Crippen LogP contribution in [0.5, 0.6) is 5.75 Å². The number of fused-ring (bicyclic) bond motifs is 1. The number of thioether (sulfide) groups is 1. The van der Waals surface area contributed by atoms with Crippen LogP contribution < -0.4 is 15.7 Å². The van der Waals surface area contributed by atoms with Crippen LogP contribution in [0.25, 0.3) is 16.6 Å². The summed E-state index contributed by atoms with van der Waals surface area (Å²) in [6, 6.07) is 21.3. The first kappa shape index (κ1) is 22.6. The van der Waals surface area contributed by atoms with Gasteiger partial charge >= 0.3 is 0 Å². The van der Waals surface area contributed by atoms with Crippen molar-refractivity contribution in [2.24, 2.45) is 5.10 Å². The summed E-state index contributed by atoms with van der Waals surface area (Å²) in [4.78, 5) is 30.2. The number of methoxy groups -OCH3 is 1. The van der Waals surface area contributed by atoms with Gasteiger partial charge in [-0.2, -0.15) is 5.10 Å². The highest BCUT2D eigenvalue weighted by molar-refractivity contribution is 7.99. The molecule has 3 aromatic carbocycles. The Labute approximate surface area is 199 Å². The number of aromatic nitrogens is 2. The van der Waals surface area contributed by atoms with Crippen molar-refractivity contribution in [2.75, 3.05) is 12.9 Å². The smallest absolute Gasteiger partial charge is 0.266 e. The number of nitrogens with zero attached hydrogens (tertiary/aromatic N) is 3. The third-order valence-corrected chi connectivity index (χ3v) is 5.88. The highest BCUT2D eigenvalue weighted by Crippen LogP contribution is 2.22. The lowest BCUT2D eigenvalue weighted by Gasteiger charge is -2.13. The second-order valence-corrected chi connectivity index (χ2v) is 8.23. The maximum Gasteiger partial charge on any atom is 0.266 e. The number of carbonyl (C=O) groups excluding carboxylic acids is 1. The average Bonchev–Trinajstić information content (AvgIpc) is 2.84. The number of ether oxygens (including phenoxy) is 1. The lowest BCUT2D eigenvalue weighted by atomic mass is 10.2. The van der Waals surface area contributed by atoms with E-state index < -0.39 is 0 Å². The number of rotatable bonds is 7. The largest absolute Gasteiger partial charge is 0.496 e. The summed E-state index contributed by atoms with van der Waals surface area (Å²) in [5, 5.41) is 5.44. The molecule has 0 aliphatic rings. The number of amides is 1. The molecule has 0 bridgehead atoms. The lowest BCUT2D eigenvalue weighted by Crippen LogP contribution is -2.24. The van der Waals surface area contributed by atoms with Crippen LogP contribution in [-0.2, 0) is 4.79 Å². The summed E-state index contributed by atoms with van der Waals surface area (Å²) >= 11 is 7.15. The Morgan fingerprint density at radius 3 is 2.64 bits per heavy atom. The van der Waals surface area contributed by atoms with Crippen molar-refractivity contribution >= 4 is 46.4 Å². The van der Waals surface area contributed by atoms with Gasteiger partial charge in [-0.25, -0.2) is 10.4 Å². The molecule has 9 heteroatoms. The Balaban J connectivity index is 1.56. The van der Waals surface area contributed by atoms with Gasteiger partial charge in [0.25, 0.3) is 11.5 Å². The molecule has 1 aromatic heterocycles.